The van der Waals surface area contributed by atoms with Crippen LogP contribution in [0.25, 0.3) is 0 Å². The van der Waals surface area contributed by atoms with Crippen LogP contribution in [0.15, 0.2) is 33.9 Å². The summed E-state index contributed by atoms with van der Waals surface area (Å²) >= 11 is 1.14. The zero-order valence-corrected chi connectivity index (χ0v) is 17.2. The number of para-hydroxylation sites is 2. The molecule has 2 unspecified atom stereocenters. The van der Waals surface area contributed by atoms with E-state index in [1.165, 1.54) is 0 Å². The average Bonchev–Trinajstić information content (AvgIpc) is 3.30. The zero-order valence-electron chi connectivity index (χ0n) is 15.6. The molecule has 11 heteroatoms. The van der Waals surface area contributed by atoms with E-state index in [2.05, 4.69) is 15.5 Å². The van der Waals surface area contributed by atoms with Crippen LogP contribution in [0.4, 0.5) is 0 Å². The Hall–Kier alpha value is -2.27. The first-order valence-electron chi connectivity index (χ1n) is 9.27. The van der Waals surface area contributed by atoms with Crippen molar-refractivity contribution < 1.29 is 27.1 Å². The Labute approximate surface area is 172 Å². The van der Waals surface area contributed by atoms with E-state index in [0.29, 0.717) is 48.6 Å². The fraction of sp³-hybridized carbons (Fsp3) is 0.500. The maximum atomic E-state index is 12.1. The third kappa shape index (κ3) is 5.41. The van der Waals surface area contributed by atoms with Crippen molar-refractivity contribution in [1.82, 2.24) is 15.5 Å². The van der Waals surface area contributed by atoms with Crippen molar-refractivity contribution in [2.45, 2.75) is 24.2 Å². The summed E-state index contributed by atoms with van der Waals surface area (Å²) in [7, 11) is -2.93. The van der Waals surface area contributed by atoms with Crippen LogP contribution in [0.3, 0.4) is 0 Å². The minimum Gasteiger partial charge on any atom is -0.486 e. The molecular weight excluding hydrogens is 418 g/mol. The summed E-state index contributed by atoms with van der Waals surface area (Å²) < 4.78 is 40.0. The standard InChI is InChI=1S/C18H21N3O6S2/c22-16(19-8-13-9-25-14-3-1-2-4-15(14)26-13)10-28-18-21-20-17(27-18)7-12-5-6-29(23,24)11-12/h1-4,12-13H,5-11H2,(H,19,22). The Morgan fingerprint density at radius 3 is 2.86 bits per heavy atom. The highest BCUT2D eigenvalue weighted by molar-refractivity contribution is 7.99. The van der Waals surface area contributed by atoms with Crippen molar-refractivity contribution >= 4 is 27.5 Å². The Morgan fingerprint density at radius 2 is 2.07 bits per heavy atom. The number of carbonyl (C=O) groups is 1. The highest BCUT2D eigenvalue weighted by atomic mass is 32.2. The second-order valence-electron chi connectivity index (χ2n) is 7.03. The summed E-state index contributed by atoms with van der Waals surface area (Å²) in [4.78, 5) is 12.1. The first-order valence-corrected chi connectivity index (χ1v) is 12.1. The summed E-state index contributed by atoms with van der Waals surface area (Å²) in [6.45, 7) is 0.702. The molecule has 1 aromatic carbocycles. The minimum absolute atomic E-state index is 0.0180. The first kappa shape index (κ1) is 20.0. The van der Waals surface area contributed by atoms with E-state index in [4.69, 9.17) is 13.9 Å². The van der Waals surface area contributed by atoms with Gasteiger partial charge >= 0.3 is 0 Å². The van der Waals surface area contributed by atoms with Gasteiger partial charge in [-0.25, -0.2) is 8.42 Å². The van der Waals surface area contributed by atoms with Gasteiger partial charge in [-0.2, -0.15) is 0 Å². The van der Waals surface area contributed by atoms with Gasteiger partial charge in [0.1, 0.15) is 12.7 Å². The van der Waals surface area contributed by atoms with E-state index in [9.17, 15) is 13.2 Å². The molecular formula is C18H21N3O6S2. The predicted octanol–water partition coefficient (Wildman–Crippen LogP) is 1.10. The van der Waals surface area contributed by atoms with Crippen molar-refractivity contribution in [2.24, 2.45) is 5.92 Å². The van der Waals surface area contributed by atoms with Crippen LogP contribution in [0.2, 0.25) is 0 Å². The zero-order chi connectivity index (χ0) is 20.3. The number of amides is 1. The van der Waals surface area contributed by atoms with Gasteiger partial charge in [-0.15, -0.1) is 10.2 Å². The van der Waals surface area contributed by atoms with Gasteiger partial charge in [0.25, 0.3) is 5.22 Å². The molecule has 2 aliphatic heterocycles. The average molecular weight is 440 g/mol. The van der Waals surface area contributed by atoms with Crippen LogP contribution in [0, 0.1) is 5.92 Å². The van der Waals surface area contributed by atoms with E-state index in [0.717, 1.165) is 11.8 Å². The third-order valence-electron chi connectivity index (χ3n) is 4.66. The molecule has 1 amide bonds. The van der Waals surface area contributed by atoms with Gasteiger partial charge in [-0.1, -0.05) is 23.9 Å². The molecule has 29 heavy (non-hydrogen) atoms. The summed E-state index contributed by atoms with van der Waals surface area (Å²) in [6.07, 6.45) is 0.809. The predicted molar refractivity (Wildman–Crippen MR) is 105 cm³/mol. The molecule has 0 saturated carbocycles. The van der Waals surface area contributed by atoms with Gasteiger partial charge in [0.15, 0.2) is 21.3 Å². The second kappa shape index (κ2) is 8.62. The summed E-state index contributed by atoms with van der Waals surface area (Å²) in [5.41, 5.74) is 0. The number of rotatable bonds is 7. The SMILES string of the molecule is O=C(CSc1nnc(CC2CCS(=O)(=O)C2)o1)NCC1COc2ccccc2O1. The van der Waals surface area contributed by atoms with Gasteiger partial charge in [0.2, 0.25) is 11.8 Å². The van der Waals surface area contributed by atoms with Crippen molar-refractivity contribution in [3.8, 4) is 11.5 Å². The lowest BCUT2D eigenvalue weighted by atomic mass is 10.1. The number of hydrogen-bond acceptors (Lipinski definition) is 9. The fourth-order valence-corrected chi connectivity index (χ4v) is 5.70. The number of thioether (sulfide) groups is 1. The maximum Gasteiger partial charge on any atom is 0.277 e. The molecule has 0 radical (unpaired) electrons. The molecule has 2 aromatic rings. The number of benzene rings is 1. The molecule has 2 atom stereocenters. The molecule has 1 aromatic heterocycles. The molecule has 0 spiro atoms. The van der Waals surface area contributed by atoms with Gasteiger partial charge in [0, 0.05) is 6.42 Å². The number of nitrogens with zero attached hydrogens (tertiary/aromatic N) is 2. The summed E-state index contributed by atoms with van der Waals surface area (Å²) in [5, 5.41) is 11.0. The number of hydrogen-bond donors (Lipinski definition) is 1. The quantitative estimate of drug-likeness (QED) is 0.632. The van der Waals surface area contributed by atoms with Crippen LogP contribution < -0.4 is 14.8 Å². The second-order valence-corrected chi connectivity index (χ2v) is 10.2. The van der Waals surface area contributed by atoms with Crippen LogP contribution in [-0.2, 0) is 21.1 Å². The first-order chi connectivity index (χ1) is 14.0. The number of fused-ring (bicyclic) bond motifs is 1. The Kier molecular flexibility index (Phi) is 5.95. The molecule has 1 fully saturated rings. The molecule has 1 N–H and O–H groups in total. The van der Waals surface area contributed by atoms with E-state index < -0.39 is 9.84 Å². The van der Waals surface area contributed by atoms with E-state index in [1.807, 2.05) is 24.3 Å². The molecule has 3 heterocycles. The Balaban J connectivity index is 1.18. The normalized spacial score (nSPS) is 22.3. The van der Waals surface area contributed by atoms with Gasteiger partial charge < -0.3 is 19.2 Å². The number of ether oxygens (including phenoxy) is 2. The van der Waals surface area contributed by atoms with Crippen molar-refractivity contribution in [2.75, 3.05) is 30.4 Å². The number of carbonyl (C=O) groups excluding carboxylic acids is 1. The van der Waals surface area contributed by atoms with Crippen molar-refractivity contribution in [3.05, 3.63) is 30.2 Å². The lowest BCUT2D eigenvalue weighted by Gasteiger charge is -2.26. The van der Waals surface area contributed by atoms with Crippen molar-refractivity contribution in [3.63, 3.8) is 0 Å². The van der Waals surface area contributed by atoms with E-state index in [-0.39, 0.29) is 35.2 Å². The smallest absolute Gasteiger partial charge is 0.277 e. The lowest BCUT2D eigenvalue weighted by Crippen LogP contribution is -2.41. The molecule has 1 saturated heterocycles. The van der Waals surface area contributed by atoms with Crippen LogP contribution in [-0.4, -0.2) is 61.0 Å². The molecule has 9 nitrogen and oxygen atoms in total. The minimum atomic E-state index is -2.93. The molecule has 0 bridgehead atoms. The van der Waals surface area contributed by atoms with E-state index in [1.54, 1.807) is 0 Å². The number of nitrogens with one attached hydrogen (secondary N) is 1. The molecule has 0 aliphatic carbocycles. The fourth-order valence-electron chi connectivity index (χ4n) is 3.23. The highest BCUT2D eigenvalue weighted by Crippen LogP contribution is 2.30. The van der Waals surface area contributed by atoms with Crippen LogP contribution >= 0.6 is 11.8 Å². The third-order valence-corrected chi connectivity index (χ3v) is 7.31. The van der Waals surface area contributed by atoms with Crippen molar-refractivity contribution in [1.29, 1.82) is 0 Å². The summed E-state index contributed by atoms with van der Waals surface area (Å²) in [5.74, 6) is 2.12. The van der Waals surface area contributed by atoms with E-state index >= 15 is 0 Å². The maximum absolute atomic E-state index is 12.1. The molecule has 4 rings (SSSR count). The van der Waals surface area contributed by atoms with Gasteiger partial charge in [-0.3, -0.25) is 4.79 Å². The number of sulfone groups is 1. The van der Waals surface area contributed by atoms with Gasteiger partial charge in [0.05, 0.1) is 23.8 Å². The van der Waals surface area contributed by atoms with Crippen LogP contribution in [0.5, 0.6) is 11.5 Å². The topological polar surface area (TPSA) is 121 Å². The highest BCUT2D eigenvalue weighted by Gasteiger charge is 2.29. The van der Waals surface area contributed by atoms with Crippen LogP contribution in [0.1, 0.15) is 12.3 Å². The Bertz CT molecular complexity index is 977. The lowest BCUT2D eigenvalue weighted by molar-refractivity contribution is -0.119. The molecule has 156 valence electrons. The summed E-state index contributed by atoms with van der Waals surface area (Å²) in [6, 6.07) is 7.41. The molecule has 2 aliphatic rings. The monoisotopic (exact) mass is 439 g/mol. The largest absolute Gasteiger partial charge is 0.486 e. The van der Waals surface area contributed by atoms with Gasteiger partial charge in [-0.05, 0) is 24.5 Å². The number of aromatic nitrogens is 2. The Morgan fingerprint density at radius 1 is 1.24 bits per heavy atom.